The Morgan fingerprint density at radius 3 is 2.93 bits per heavy atom. The topological polar surface area (TPSA) is 34.4 Å². The van der Waals surface area contributed by atoms with Crippen molar-refractivity contribution in [1.29, 1.82) is 0 Å². The van der Waals surface area contributed by atoms with Gasteiger partial charge in [0.2, 0.25) is 0 Å². The van der Waals surface area contributed by atoms with Gasteiger partial charge in [0.15, 0.2) is 0 Å². The fourth-order valence-corrected chi connectivity index (χ4v) is 1.72. The van der Waals surface area contributed by atoms with Crippen LogP contribution in [0.4, 0.5) is 0 Å². The van der Waals surface area contributed by atoms with E-state index in [1.165, 1.54) is 0 Å². The summed E-state index contributed by atoms with van der Waals surface area (Å²) in [5, 5.41) is 10.3. The minimum absolute atomic E-state index is 0.0606. The molecule has 2 rings (SSSR count). The highest BCUT2D eigenvalue weighted by Crippen LogP contribution is 2.20. The minimum Gasteiger partial charge on any atom is -0.392 e. The normalized spacial score (nSPS) is 11.0. The monoisotopic (exact) mass is 191 g/mol. The summed E-state index contributed by atoms with van der Waals surface area (Å²) < 4.78 is 7.06. The molecule has 0 aliphatic rings. The second-order valence-corrected chi connectivity index (χ2v) is 3.22. The van der Waals surface area contributed by atoms with E-state index < -0.39 is 0 Å². The molecule has 0 atom stereocenters. The Morgan fingerprint density at radius 2 is 2.21 bits per heavy atom. The molecule has 0 unspecified atom stereocenters. The Hall–Kier alpha value is -1.32. The Balaban J connectivity index is 2.62. The van der Waals surface area contributed by atoms with Crippen LogP contribution in [0.25, 0.3) is 10.9 Å². The third kappa shape index (κ3) is 1.41. The number of ether oxygens (including phenoxy) is 1. The van der Waals surface area contributed by atoms with Crippen molar-refractivity contribution in [3.8, 4) is 0 Å². The van der Waals surface area contributed by atoms with Crippen molar-refractivity contribution >= 4 is 10.9 Å². The minimum atomic E-state index is 0.0606. The first-order valence-electron chi connectivity index (χ1n) is 4.53. The lowest BCUT2D eigenvalue weighted by atomic mass is 10.1. The average Bonchev–Trinajstić information content (AvgIpc) is 2.62. The number of hydrogen-bond donors (Lipinski definition) is 1. The van der Waals surface area contributed by atoms with Crippen molar-refractivity contribution in [3.63, 3.8) is 0 Å². The van der Waals surface area contributed by atoms with Gasteiger partial charge in [0.25, 0.3) is 0 Å². The smallest absolute Gasteiger partial charge is 0.122 e. The van der Waals surface area contributed by atoms with E-state index in [0.29, 0.717) is 6.73 Å². The van der Waals surface area contributed by atoms with E-state index in [0.717, 1.165) is 16.5 Å². The summed E-state index contributed by atoms with van der Waals surface area (Å²) in [6.07, 6.45) is 1.97. The zero-order chi connectivity index (χ0) is 9.97. The number of nitrogens with zero attached hydrogens (tertiary/aromatic N) is 1. The first-order valence-corrected chi connectivity index (χ1v) is 4.53. The number of aromatic nitrogens is 1. The standard InChI is InChI=1S/C11H13NO2/c1-14-8-12-6-5-9-3-2-4-10(7-13)11(9)12/h2-6,13H,7-8H2,1H3. The van der Waals surface area contributed by atoms with E-state index in [1.54, 1.807) is 7.11 Å². The average molecular weight is 191 g/mol. The van der Waals surface area contributed by atoms with E-state index in [9.17, 15) is 5.11 Å². The molecule has 3 nitrogen and oxygen atoms in total. The van der Waals surface area contributed by atoms with Crippen molar-refractivity contribution in [3.05, 3.63) is 36.0 Å². The predicted molar refractivity (Wildman–Crippen MR) is 54.9 cm³/mol. The summed E-state index contributed by atoms with van der Waals surface area (Å²) in [4.78, 5) is 0. The molecule has 1 N–H and O–H groups in total. The highest BCUT2D eigenvalue weighted by molar-refractivity contribution is 5.83. The molecular formula is C11H13NO2. The summed E-state index contributed by atoms with van der Waals surface area (Å²) in [6, 6.07) is 7.92. The van der Waals surface area contributed by atoms with Gasteiger partial charge in [0.1, 0.15) is 6.73 Å². The van der Waals surface area contributed by atoms with Crippen LogP contribution < -0.4 is 0 Å². The maximum absolute atomic E-state index is 9.19. The first-order chi connectivity index (χ1) is 6.86. The van der Waals surface area contributed by atoms with Gasteiger partial charge in [0, 0.05) is 24.3 Å². The maximum Gasteiger partial charge on any atom is 0.122 e. The lowest BCUT2D eigenvalue weighted by Gasteiger charge is -2.06. The van der Waals surface area contributed by atoms with E-state index in [1.807, 2.05) is 35.0 Å². The van der Waals surface area contributed by atoms with Crippen LogP contribution in [-0.2, 0) is 18.1 Å². The van der Waals surface area contributed by atoms with Crippen molar-refractivity contribution in [2.24, 2.45) is 0 Å². The van der Waals surface area contributed by atoms with Gasteiger partial charge in [0.05, 0.1) is 12.1 Å². The fourth-order valence-electron chi connectivity index (χ4n) is 1.72. The van der Waals surface area contributed by atoms with Crippen LogP contribution in [0, 0.1) is 0 Å². The van der Waals surface area contributed by atoms with Gasteiger partial charge in [-0.1, -0.05) is 18.2 Å². The second-order valence-electron chi connectivity index (χ2n) is 3.22. The van der Waals surface area contributed by atoms with Crippen molar-refractivity contribution < 1.29 is 9.84 Å². The van der Waals surface area contributed by atoms with Gasteiger partial charge in [-0.15, -0.1) is 0 Å². The molecule has 1 aromatic carbocycles. The zero-order valence-electron chi connectivity index (χ0n) is 8.10. The summed E-state index contributed by atoms with van der Waals surface area (Å²) in [5.74, 6) is 0. The van der Waals surface area contributed by atoms with Gasteiger partial charge < -0.3 is 14.4 Å². The highest BCUT2D eigenvalue weighted by atomic mass is 16.5. The molecule has 74 valence electrons. The Labute approximate surface area is 82.5 Å². The van der Waals surface area contributed by atoms with Gasteiger partial charge in [-0.05, 0) is 6.07 Å². The summed E-state index contributed by atoms with van der Waals surface area (Å²) in [6.45, 7) is 0.575. The number of hydrogen-bond acceptors (Lipinski definition) is 2. The summed E-state index contributed by atoms with van der Waals surface area (Å²) in [7, 11) is 1.66. The van der Waals surface area contributed by atoms with E-state index in [2.05, 4.69) is 0 Å². The number of fused-ring (bicyclic) bond motifs is 1. The lowest BCUT2D eigenvalue weighted by molar-refractivity contribution is 0.134. The zero-order valence-corrected chi connectivity index (χ0v) is 8.10. The molecule has 0 fully saturated rings. The third-order valence-electron chi connectivity index (χ3n) is 2.31. The quantitative estimate of drug-likeness (QED) is 0.801. The highest BCUT2D eigenvalue weighted by Gasteiger charge is 2.04. The molecular weight excluding hydrogens is 178 g/mol. The number of aliphatic hydroxyl groups excluding tert-OH is 1. The Bertz CT molecular complexity index is 434. The molecule has 0 radical (unpaired) electrons. The van der Waals surface area contributed by atoms with Gasteiger partial charge >= 0.3 is 0 Å². The SMILES string of the molecule is COCn1ccc2cccc(CO)c21. The van der Waals surface area contributed by atoms with Crippen LogP contribution in [0.1, 0.15) is 5.56 Å². The number of rotatable bonds is 3. The van der Waals surface area contributed by atoms with Gasteiger partial charge in [-0.25, -0.2) is 0 Å². The number of benzene rings is 1. The number of para-hydroxylation sites is 1. The van der Waals surface area contributed by atoms with E-state index in [-0.39, 0.29) is 6.61 Å². The molecule has 0 bridgehead atoms. The van der Waals surface area contributed by atoms with E-state index >= 15 is 0 Å². The largest absolute Gasteiger partial charge is 0.392 e. The molecule has 1 aromatic heterocycles. The number of aliphatic hydroxyl groups is 1. The molecule has 0 aliphatic carbocycles. The third-order valence-corrected chi connectivity index (χ3v) is 2.31. The van der Waals surface area contributed by atoms with Crippen molar-refractivity contribution in [2.75, 3.05) is 7.11 Å². The molecule has 0 amide bonds. The molecule has 0 saturated heterocycles. The molecule has 0 aliphatic heterocycles. The molecule has 0 saturated carbocycles. The first kappa shape index (κ1) is 9.24. The fraction of sp³-hybridized carbons (Fsp3) is 0.273. The van der Waals surface area contributed by atoms with Crippen LogP contribution in [0.3, 0.4) is 0 Å². The molecule has 2 aromatic rings. The van der Waals surface area contributed by atoms with Crippen LogP contribution in [0.5, 0.6) is 0 Å². The molecule has 14 heavy (non-hydrogen) atoms. The van der Waals surface area contributed by atoms with Gasteiger partial charge in [-0.3, -0.25) is 0 Å². The molecule has 0 spiro atoms. The van der Waals surface area contributed by atoms with E-state index in [4.69, 9.17) is 4.74 Å². The summed E-state index contributed by atoms with van der Waals surface area (Å²) >= 11 is 0. The van der Waals surface area contributed by atoms with Crippen LogP contribution >= 0.6 is 0 Å². The lowest BCUT2D eigenvalue weighted by Crippen LogP contribution is -1.99. The van der Waals surface area contributed by atoms with Gasteiger partial charge in [-0.2, -0.15) is 0 Å². The van der Waals surface area contributed by atoms with Crippen LogP contribution in [0.15, 0.2) is 30.5 Å². The van der Waals surface area contributed by atoms with Crippen molar-refractivity contribution in [2.45, 2.75) is 13.3 Å². The Kier molecular flexibility index (Phi) is 2.52. The van der Waals surface area contributed by atoms with Crippen LogP contribution in [-0.4, -0.2) is 16.8 Å². The van der Waals surface area contributed by atoms with Crippen molar-refractivity contribution in [1.82, 2.24) is 4.57 Å². The molecule has 3 heteroatoms. The Morgan fingerprint density at radius 1 is 1.36 bits per heavy atom. The van der Waals surface area contributed by atoms with Crippen LogP contribution in [0.2, 0.25) is 0 Å². The molecule has 1 heterocycles. The number of methoxy groups -OCH3 is 1. The maximum atomic E-state index is 9.19. The second kappa shape index (κ2) is 3.82. The summed E-state index contributed by atoms with van der Waals surface area (Å²) in [5.41, 5.74) is 1.99. The predicted octanol–water partition coefficient (Wildman–Crippen LogP) is 1.74.